The summed E-state index contributed by atoms with van der Waals surface area (Å²) in [5, 5.41) is 10.1. The van der Waals surface area contributed by atoms with Crippen molar-refractivity contribution < 1.29 is 14.6 Å². The van der Waals surface area contributed by atoms with Gasteiger partial charge in [0.1, 0.15) is 11.5 Å². The molecule has 0 unspecified atom stereocenters. The molecule has 0 saturated carbocycles. The van der Waals surface area contributed by atoms with Gasteiger partial charge >= 0.3 is 0 Å². The van der Waals surface area contributed by atoms with Crippen molar-refractivity contribution in [1.82, 2.24) is 4.57 Å². The number of aliphatic hydroxyl groups is 1. The Morgan fingerprint density at radius 3 is 2.61 bits per heavy atom. The lowest BCUT2D eigenvalue weighted by atomic mass is 10.1. The molecule has 1 aromatic carbocycles. The van der Waals surface area contributed by atoms with Crippen LogP contribution in [0.25, 0.3) is 10.9 Å². The first-order valence-electron chi connectivity index (χ1n) is 6.02. The van der Waals surface area contributed by atoms with Gasteiger partial charge in [0.25, 0.3) is 0 Å². The lowest BCUT2D eigenvalue weighted by Crippen LogP contribution is -1.92. The average molecular weight is 249 g/mol. The summed E-state index contributed by atoms with van der Waals surface area (Å²) in [6.07, 6.45) is 3.69. The van der Waals surface area contributed by atoms with Crippen LogP contribution in [0.3, 0.4) is 0 Å². The molecule has 2 aromatic rings. The van der Waals surface area contributed by atoms with E-state index >= 15 is 0 Å². The second-order valence-electron chi connectivity index (χ2n) is 4.32. The number of nitrogens with zero attached hydrogens (tertiary/aromatic N) is 1. The maximum absolute atomic E-state index is 8.96. The highest BCUT2D eigenvalue weighted by atomic mass is 16.5. The first-order valence-corrected chi connectivity index (χ1v) is 6.02. The molecule has 18 heavy (non-hydrogen) atoms. The Balaban J connectivity index is 2.60. The van der Waals surface area contributed by atoms with Crippen LogP contribution in [-0.4, -0.2) is 30.5 Å². The van der Waals surface area contributed by atoms with Gasteiger partial charge in [0, 0.05) is 37.4 Å². The Morgan fingerprint density at radius 1 is 1.22 bits per heavy atom. The predicted molar refractivity (Wildman–Crippen MR) is 71.4 cm³/mol. The summed E-state index contributed by atoms with van der Waals surface area (Å²) < 4.78 is 12.8. The third-order valence-corrected chi connectivity index (χ3v) is 3.17. The monoisotopic (exact) mass is 249 g/mol. The molecule has 4 nitrogen and oxygen atoms in total. The lowest BCUT2D eigenvalue weighted by Gasteiger charge is -2.08. The van der Waals surface area contributed by atoms with E-state index in [1.54, 1.807) is 14.2 Å². The molecule has 0 radical (unpaired) electrons. The third-order valence-electron chi connectivity index (χ3n) is 3.17. The second-order valence-corrected chi connectivity index (χ2v) is 4.32. The molecule has 0 bridgehead atoms. The molecule has 1 aromatic heterocycles. The number of aromatic nitrogens is 1. The van der Waals surface area contributed by atoms with Crippen molar-refractivity contribution in [3.8, 4) is 11.5 Å². The van der Waals surface area contributed by atoms with Crippen LogP contribution in [0.4, 0.5) is 0 Å². The van der Waals surface area contributed by atoms with Gasteiger partial charge in [-0.2, -0.15) is 0 Å². The largest absolute Gasteiger partial charge is 0.497 e. The highest BCUT2D eigenvalue weighted by molar-refractivity contribution is 5.91. The number of benzene rings is 1. The second kappa shape index (κ2) is 5.31. The number of hydrogen-bond donors (Lipinski definition) is 1. The molecule has 4 heteroatoms. The Morgan fingerprint density at radius 2 is 2.00 bits per heavy atom. The molecule has 1 N–H and O–H groups in total. The summed E-state index contributed by atoms with van der Waals surface area (Å²) in [6.45, 7) is 0.203. The number of aliphatic hydroxyl groups excluding tert-OH is 1. The Bertz CT molecular complexity index is 545. The maximum Gasteiger partial charge on any atom is 0.132 e. The van der Waals surface area contributed by atoms with Gasteiger partial charge < -0.3 is 19.1 Å². The molecule has 0 atom stereocenters. The standard InChI is InChI=1S/C14H19NO3/c1-15-9-10(5-4-6-16)14-12(15)7-11(17-2)8-13(14)18-3/h7-9,16H,4-6H2,1-3H3. The van der Waals surface area contributed by atoms with Gasteiger partial charge in [-0.15, -0.1) is 0 Å². The van der Waals surface area contributed by atoms with E-state index in [0.29, 0.717) is 0 Å². The predicted octanol–water partition coefficient (Wildman–Crippen LogP) is 2.12. The minimum Gasteiger partial charge on any atom is -0.497 e. The first kappa shape index (κ1) is 12.8. The van der Waals surface area contributed by atoms with Crippen molar-refractivity contribution in [2.24, 2.45) is 7.05 Å². The van der Waals surface area contributed by atoms with Crippen LogP contribution in [0, 0.1) is 0 Å². The number of fused-ring (bicyclic) bond motifs is 1. The fourth-order valence-electron chi connectivity index (χ4n) is 2.28. The van der Waals surface area contributed by atoms with Gasteiger partial charge in [0.05, 0.1) is 19.7 Å². The van der Waals surface area contributed by atoms with E-state index in [-0.39, 0.29) is 6.61 Å². The molecule has 1 heterocycles. The SMILES string of the molecule is COc1cc(OC)c2c(CCCO)cn(C)c2c1. The molecule has 0 aliphatic heterocycles. The smallest absolute Gasteiger partial charge is 0.132 e. The molecule has 2 rings (SSSR count). The number of rotatable bonds is 5. The normalized spacial score (nSPS) is 10.9. The van der Waals surface area contributed by atoms with Crippen molar-refractivity contribution in [1.29, 1.82) is 0 Å². The molecule has 0 fully saturated rings. The first-order chi connectivity index (χ1) is 8.71. The average Bonchev–Trinajstić information content (AvgIpc) is 2.72. The number of hydrogen-bond acceptors (Lipinski definition) is 3. The molecule has 0 spiro atoms. The Hall–Kier alpha value is -1.68. The molecular formula is C14H19NO3. The van der Waals surface area contributed by atoms with E-state index in [4.69, 9.17) is 14.6 Å². The summed E-state index contributed by atoms with van der Waals surface area (Å²) in [4.78, 5) is 0. The van der Waals surface area contributed by atoms with Gasteiger partial charge in [-0.25, -0.2) is 0 Å². The van der Waals surface area contributed by atoms with E-state index in [2.05, 4.69) is 10.8 Å². The fraction of sp³-hybridized carbons (Fsp3) is 0.429. The fourth-order valence-corrected chi connectivity index (χ4v) is 2.28. The quantitative estimate of drug-likeness (QED) is 0.882. The minimum absolute atomic E-state index is 0.203. The van der Waals surface area contributed by atoms with Crippen molar-refractivity contribution in [3.05, 3.63) is 23.9 Å². The summed E-state index contributed by atoms with van der Waals surface area (Å²) in [5.41, 5.74) is 2.28. The van der Waals surface area contributed by atoms with E-state index in [0.717, 1.165) is 35.2 Å². The van der Waals surface area contributed by atoms with E-state index in [1.807, 2.05) is 19.2 Å². The molecule has 0 saturated heterocycles. The molecule has 0 amide bonds. The van der Waals surface area contributed by atoms with Gasteiger partial charge in [0.15, 0.2) is 0 Å². The summed E-state index contributed by atoms with van der Waals surface area (Å²) in [7, 11) is 5.32. The molecule has 98 valence electrons. The van der Waals surface area contributed by atoms with Crippen molar-refractivity contribution in [2.45, 2.75) is 12.8 Å². The van der Waals surface area contributed by atoms with Crippen LogP contribution >= 0.6 is 0 Å². The van der Waals surface area contributed by atoms with Crippen molar-refractivity contribution in [3.63, 3.8) is 0 Å². The van der Waals surface area contributed by atoms with Crippen LogP contribution < -0.4 is 9.47 Å². The maximum atomic E-state index is 8.96. The topological polar surface area (TPSA) is 43.6 Å². The van der Waals surface area contributed by atoms with Crippen molar-refractivity contribution in [2.75, 3.05) is 20.8 Å². The summed E-state index contributed by atoms with van der Waals surface area (Å²) >= 11 is 0. The Kier molecular flexibility index (Phi) is 3.77. The minimum atomic E-state index is 0.203. The Labute approximate surface area is 107 Å². The molecular weight excluding hydrogens is 230 g/mol. The zero-order valence-corrected chi connectivity index (χ0v) is 11.1. The lowest BCUT2D eigenvalue weighted by molar-refractivity contribution is 0.288. The van der Waals surface area contributed by atoms with Gasteiger partial charge in [-0.05, 0) is 18.4 Å². The molecule has 0 aliphatic rings. The van der Waals surface area contributed by atoms with E-state index < -0.39 is 0 Å². The van der Waals surface area contributed by atoms with E-state index in [1.165, 1.54) is 5.56 Å². The van der Waals surface area contributed by atoms with Crippen LogP contribution in [0.2, 0.25) is 0 Å². The number of ether oxygens (including phenoxy) is 2. The van der Waals surface area contributed by atoms with E-state index in [9.17, 15) is 0 Å². The molecule has 0 aliphatic carbocycles. The van der Waals surface area contributed by atoms with Crippen LogP contribution in [0.1, 0.15) is 12.0 Å². The van der Waals surface area contributed by atoms with Crippen LogP contribution in [0.5, 0.6) is 11.5 Å². The van der Waals surface area contributed by atoms with Crippen LogP contribution in [-0.2, 0) is 13.5 Å². The van der Waals surface area contributed by atoms with Gasteiger partial charge in [-0.3, -0.25) is 0 Å². The highest BCUT2D eigenvalue weighted by Gasteiger charge is 2.13. The third kappa shape index (κ3) is 2.16. The highest BCUT2D eigenvalue weighted by Crippen LogP contribution is 2.35. The van der Waals surface area contributed by atoms with Gasteiger partial charge in [-0.1, -0.05) is 0 Å². The van der Waals surface area contributed by atoms with Crippen molar-refractivity contribution >= 4 is 10.9 Å². The van der Waals surface area contributed by atoms with Crippen LogP contribution in [0.15, 0.2) is 18.3 Å². The van der Waals surface area contributed by atoms with Gasteiger partial charge in [0.2, 0.25) is 0 Å². The summed E-state index contributed by atoms with van der Waals surface area (Å²) in [6, 6.07) is 3.89. The zero-order valence-electron chi connectivity index (χ0n) is 11.1. The number of aryl methyl sites for hydroxylation is 2. The summed E-state index contributed by atoms with van der Waals surface area (Å²) in [5.74, 6) is 1.60. The zero-order chi connectivity index (χ0) is 13.1. The number of methoxy groups -OCH3 is 2.